The van der Waals surface area contributed by atoms with E-state index < -0.39 is 30.1 Å². The Balaban J connectivity index is -0.000000402. The van der Waals surface area contributed by atoms with Crippen LogP contribution in [0.4, 0.5) is 0 Å². The van der Waals surface area contributed by atoms with Crippen LogP contribution in [0.15, 0.2) is 23.3 Å². The molecule has 2 N–H and O–H groups in total. The van der Waals surface area contributed by atoms with Crippen molar-refractivity contribution in [1.29, 1.82) is 0 Å². The summed E-state index contributed by atoms with van der Waals surface area (Å²) in [5.41, 5.74) is 0.0972. The minimum absolute atomic E-state index is 0. The van der Waals surface area contributed by atoms with E-state index in [2.05, 4.69) is 0 Å². The summed E-state index contributed by atoms with van der Waals surface area (Å²) in [6, 6.07) is 0. The van der Waals surface area contributed by atoms with Gasteiger partial charge in [0.2, 0.25) is 5.78 Å². The molecule has 0 bridgehead atoms. The zero-order valence-corrected chi connectivity index (χ0v) is 18.8. The molecular formula is C17H23KO8. The van der Waals surface area contributed by atoms with Crippen LogP contribution >= 0.6 is 0 Å². The van der Waals surface area contributed by atoms with Crippen LogP contribution in [0.3, 0.4) is 0 Å². The van der Waals surface area contributed by atoms with Crippen LogP contribution in [0.25, 0.3) is 0 Å². The number of carbonyl (C=O) groups is 5. The molecule has 0 atom stereocenters. The van der Waals surface area contributed by atoms with Crippen LogP contribution in [-0.2, 0) is 24.0 Å². The Morgan fingerprint density at radius 1 is 0.885 bits per heavy atom. The van der Waals surface area contributed by atoms with Gasteiger partial charge in [-0.05, 0) is 17.4 Å². The summed E-state index contributed by atoms with van der Waals surface area (Å²) in [5, 5.41) is 27.0. The average molecular weight is 394 g/mol. The molecule has 0 aromatic heterocycles. The van der Waals surface area contributed by atoms with Crippen molar-refractivity contribution in [3.8, 4) is 0 Å². The van der Waals surface area contributed by atoms with Gasteiger partial charge in [-0.2, -0.15) is 0 Å². The summed E-state index contributed by atoms with van der Waals surface area (Å²) >= 11 is 0. The van der Waals surface area contributed by atoms with Crippen molar-refractivity contribution >= 4 is 30.0 Å². The first-order valence-electron chi connectivity index (χ1n) is 7.46. The number of hydrogen-bond acceptors (Lipinski definition) is 6. The van der Waals surface area contributed by atoms with Crippen LogP contribution in [0.2, 0.25) is 0 Å². The van der Waals surface area contributed by atoms with Gasteiger partial charge in [-0.1, -0.05) is 39.8 Å². The first kappa shape index (κ1) is 29.6. The molecule has 0 amide bonds. The van der Waals surface area contributed by atoms with Gasteiger partial charge >= 0.3 is 63.3 Å². The number of rotatable bonds is 9. The van der Waals surface area contributed by atoms with Gasteiger partial charge in [-0.25, -0.2) is 0 Å². The Hall–Kier alpha value is -1.13. The molecule has 0 fully saturated rings. The van der Waals surface area contributed by atoms with Gasteiger partial charge < -0.3 is 20.1 Å². The third-order valence-corrected chi connectivity index (χ3v) is 2.41. The summed E-state index contributed by atoms with van der Waals surface area (Å²) in [6.45, 7) is 7.21. The monoisotopic (exact) mass is 394 g/mol. The number of hydrogen-bond donors (Lipinski definition) is 2. The van der Waals surface area contributed by atoms with E-state index >= 15 is 0 Å². The average Bonchev–Trinajstić information content (AvgIpc) is 2.43. The van der Waals surface area contributed by atoms with E-state index in [4.69, 9.17) is 10.2 Å². The van der Waals surface area contributed by atoms with Gasteiger partial charge in [-0.15, -0.1) is 0 Å². The SMILES string of the molecule is CC(C)/C=C(/C=O)CC(=O)O.CC(C)/C=C(\CC(=O)O)C(=O)C(=O)[O-].[K+]. The smallest absolute Gasteiger partial charge is 0.541 e. The van der Waals surface area contributed by atoms with Crippen LogP contribution in [0.5, 0.6) is 0 Å². The van der Waals surface area contributed by atoms with Crippen LogP contribution < -0.4 is 56.5 Å². The topological polar surface area (TPSA) is 149 Å². The largest absolute Gasteiger partial charge is 1.00 e. The third kappa shape index (κ3) is 17.7. The maximum atomic E-state index is 10.9. The molecule has 9 heteroatoms. The fourth-order valence-electron chi connectivity index (χ4n) is 1.65. The summed E-state index contributed by atoms with van der Waals surface area (Å²) < 4.78 is 0. The first-order chi connectivity index (χ1) is 11.4. The molecule has 0 unspecified atom stereocenters. The Bertz CT molecular complexity index is 573. The molecule has 0 spiro atoms. The predicted octanol–water partition coefficient (Wildman–Crippen LogP) is -2.39. The molecule has 0 aromatic rings. The van der Waals surface area contributed by atoms with E-state index in [1.807, 2.05) is 13.8 Å². The number of Topliss-reactive ketones (excluding diaryl/α,β-unsaturated/α-hetero) is 1. The first-order valence-corrected chi connectivity index (χ1v) is 7.46. The van der Waals surface area contributed by atoms with Crippen molar-refractivity contribution < 1.29 is 90.7 Å². The molecule has 0 saturated heterocycles. The number of carbonyl (C=O) groups excluding carboxylic acids is 3. The summed E-state index contributed by atoms with van der Waals surface area (Å²) in [4.78, 5) is 51.8. The normalized spacial score (nSPS) is 11.2. The maximum absolute atomic E-state index is 10.9. The standard InChI is InChI=1S/C9H12O5.C8H12O3.K/c1-5(2)3-6(4-7(10)11)8(12)9(13)14;1-6(2)3-7(5-9)4-8(10)11;/h3,5H,4H2,1-2H3,(H,10,11)(H,13,14);3,5-6H,4H2,1-2H3,(H,10,11);/q;;+1/p-1/b6-3+;7-3+;. The van der Waals surface area contributed by atoms with Gasteiger partial charge in [0, 0.05) is 5.57 Å². The molecule has 0 heterocycles. The maximum Gasteiger partial charge on any atom is 1.00 e. The Morgan fingerprint density at radius 2 is 1.31 bits per heavy atom. The number of aliphatic carboxylic acids is 3. The number of ketones is 1. The van der Waals surface area contributed by atoms with E-state index in [0.29, 0.717) is 11.9 Å². The molecular weight excluding hydrogens is 371 g/mol. The molecule has 0 radical (unpaired) electrons. The molecule has 0 aliphatic heterocycles. The predicted molar refractivity (Wildman–Crippen MR) is 86.4 cm³/mol. The second-order valence-corrected chi connectivity index (χ2v) is 5.80. The van der Waals surface area contributed by atoms with E-state index in [-0.39, 0.29) is 75.2 Å². The molecule has 26 heavy (non-hydrogen) atoms. The molecule has 140 valence electrons. The van der Waals surface area contributed by atoms with Crippen molar-refractivity contribution in [2.24, 2.45) is 11.8 Å². The molecule has 8 nitrogen and oxygen atoms in total. The minimum Gasteiger partial charge on any atom is -0.541 e. The molecule has 0 rings (SSSR count). The number of allylic oxidation sites excluding steroid dienone is 2. The van der Waals surface area contributed by atoms with Gasteiger partial charge in [0.1, 0.15) is 12.3 Å². The number of carboxylic acid groups (broad SMARTS) is 3. The summed E-state index contributed by atoms with van der Waals surface area (Å²) in [6.07, 6.45) is 2.79. The fraction of sp³-hybridized carbons (Fsp3) is 0.471. The molecule has 0 aliphatic carbocycles. The van der Waals surface area contributed by atoms with E-state index in [1.54, 1.807) is 19.9 Å². The zero-order chi connectivity index (χ0) is 20.2. The van der Waals surface area contributed by atoms with Crippen molar-refractivity contribution in [3.63, 3.8) is 0 Å². The van der Waals surface area contributed by atoms with E-state index in [9.17, 15) is 29.1 Å². The zero-order valence-electron chi connectivity index (χ0n) is 15.6. The quantitative estimate of drug-likeness (QED) is 0.190. The molecule has 0 saturated carbocycles. The van der Waals surface area contributed by atoms with E-state index in [1.165, 1.54) is 6.08 Å². The van der Waals surface area contributed by atoms with Gasteiger partial charge in [0.05, 0.1) is 12.8 Å². The second-order valence-electron chi connectivity index (χ2n) is 5.80. The molecule has 0 aliphatic rings. The van der Waals surface area contributed by atoms with Crippen LogP contribution in [-0.4, -0.2) is 40.2 Å². The fourth-order valence-corrected chi connectivity index (χ4v) is 1.65. The Kier molecular flexibility index (Phi) is 18.3. The van der Waals surface area contributed by atoms with Crippen molar-refractivity contribution in [2.45, 2.75) is 40.5 Å². The van der Waals surface area contributed by atoms with E-state index in [0.717, 1.165) is 0 Å². The number of aldehydes is 1. The summed E-state index contributed by atoms with van der Waals surface area (Å²) in [7, 11) is 0. The third-order valence-electron chi connectivity index (χ3n) is 2.41. The van der Waals surface area contributed by atoms with Crippen LogP contribution in [0.1, 0.15) is 40.5 Å². The van der Waals surface area contributed by atoms with Crippen molar-refractivity contribution in [2.75, 3.05) is 0 Å². The van der Waals surface area contributed by atoms with Gasteiger partial charge in [-0.3, -0.25) is 19.2 Å². The number of carboxylic acids is 3. The second kappa shape index (κ2) is 16.1. The van der Waals surface area contributed by atoms with Gasteiger partial charge in [0.15, 0.2) is 0 Å². The van der Waals surface area contributed by atoms with Crippen molar-refractivity contribution in [1.82, 2.24) is 0 Å². The molecule has 0 aromatic carbocycles. The van der Waals surface area contributed by atoms with Crippen molar-refractivity contribution in [3.05, 3.63) is 23.3 Å². The Morgan fingerprint density at radius 3 is 1.58 bits per heavy atom. The Labute approximate surface area is 194 Å². The summed E-state index contributed by atoms with van der Waals surface area (Å²) in [5.74, 6) is -5.23. The minimum atomic E-state index is -1.88. The van der Waals surface area contributed by atoms with Gasteiger partial charge in [0.25, 0.3) is 0 Å². The van der Waals surface area contributed by atoms with Crippen LogP contribution in [0, 0.1) is 11.8 Å².